The Bertz CT molecular complexity index is 712. The molecule has 0 aliphatic heterocycles. The van der Waals surface area contributed by atoms with E-state index < -0.39 is 0 Å². The fourth-order valence-corrected chi connectivity index (χ4v) is 3.06. The predicted molar refractivity (Wildman–Crippen MR) is 104 cm³/mol. The van der Waals surface area contributed by atoms with Gasteiger partial charge in [-0.05, 0) is 42.2 Å². The lowest BCUT2D eigenvalue weighted by atomic mass is 9.89. The van der Waals surface area contributed by atoms with Crippen LogP contribution in [0.3, 0.4) is 0 Å². The summed E-state index contributed by atoms with van der Waals surface area (Å²) in [6.07, 6.45) is 0.934. The van der Waals surface area contributed by atoms with Gasteiger partial charge in [0.05, 0.1) is 6.61 Å². The molecule has 0 spiro atoms. The van der Waals surface area contributed by atoms with Crippen LogP contribution in [0, 0.1) is 0 Å². The molecular formula is C23H25NO. The molecule has 1 atom stereocenters. The lowest BCUT2D eigenvalue weighted by Gasteiger charge is -2.18. The average molecular weight is 331 g/mol. The van der Waals surface area contributed by atoms with Gasteiger partial charge in [0.1, 0.15) is 5.75 Å². The van der Waals surface area contributed by atoms with Crippen LogP contribution in [-0.2, 0) is 0 Å². The van der Waals surface area contributed by atoms with Crippen molar-refractivity contribution >= 4 is 0 Å². The number of hydrogen-bond donors (Lipinski definition) is 1. The minimum Gasteiger partial charge on any atom is -0.494 e. The minimum atomic E-state index is 0.0505. The smallest absolute Gasteiger partial charge is 0.119 e. The maximum atomic E-state index is 5.97. The molecule has 3 rings (SSSR count). The summed E-state index contributed by atoms with van der Waals surface area (Å²) < 4.78 is 5.97. The van der Waals surface area contributed by atoms with Gasteiger partial charge in [-0.25, -0.2) is 0 Å². The highest BCUT2D eigenvalue weighted by molar-refractivity contribution is 5.32. The van der Waals surface area contributed by atoms with Crippen molar-refractivity contribution in [3.8, 4) is 5.75 Å². The van der Waals surface area contributed by atoms with Crippen molar-refractivity contribution in [2.45, 2.75) is 25.3 Å². The van der Waals surface area contributed by atoms with Crippen molar-refractivity contribution in [2.24, 2.45) is 5.73 Å². The normalized spacial score (nSPS) is 12.1. The topological polar surface area (TPSA) is 35.2 Å². The summed E-state index contributed by atoms with van der Waals surface area (Å²) in [5.41, 5.74) is 9.66. The van der Waals surface area contributed by atoms with Crippen molar-refractivity contribution < 1.29 is 4.74 Å². The first-order valence-electron chi connectivity index (χ1n) is 8.82. The van der Waals surface area contributed by atoms with Crippen LogP contribution in [-0.4, -0.2) is 6.61 Å². The Hall–Kier alpha value is -2.58. The summed E-state index contributed by atoms with van der Waals surface area (Å²) in [6.45, 7) is 2.66. The summed E-state index contributed by atoms with van der Waals surface area (Å²) in [4.78, 5) is 0. The number of benzene rings is 3. The first-order valence-corrected chi connectivity index (χ1v) is 8.82. The Kier molecular flexibility index (Phi) is 5.86. The van der Waals surface area contributed by atoms with Gasteiger partial charge in [-0.1, -0.05) is 72.8 Å². The van der Waals surface area contributed by atoms with Gasteiger partial charge in [0.25, 0.3) is 0 Å². The lowest BCUT2D eigenvalue weighted by molar-refractivity contribution is 0.303. The minimum absolute atomic E-state index is 0.0505. The molecular weight excluding hydrogens is 306 g/mol. The third-order valence-electron chi connectivity index (χ3n) is 4.49. The average Bonchev–Trinajstić information content (AvgIpc) is 2.67. The van der Waals surface area contributed by atoms with E-state index in [1.807, 2.05) is 31.2 Å². The molecule has 0 bridgehead atoms. The summed E-state index contributed by atoms with van der Waals surface area (Å²) >= 11 is 0. The molecule has 3 aromatic rings. The second-order valence-electron chi connectivity index (χ2n) is 6.37. The van der Waals surface area contributed by atoms with E-state index in [0.717, 1.165) is 17.7 Å². The van der Waals surface area contributed by atoms with E-state index in [1.165, 1.54) is 11.1 Å². The number of rotatable bonds is 7. The Balaban J connectivity index is 1.67. The molecule has 1 unspecified atom stereocenters. The molecule has 0 aromatic heterocycles. The molecule has 0 saturated carbocycles. The Morgan fingerprint density at radius 3 is 1.72 bits per heavy atom. The van der Waals surface area contributed by atoms with Crippen molar-refractivity contribution in [1.29, 1.82) is 0 Å². The largest absolute Gasteiger partial charge is 0.494 e. The highest BCUT2D eigenvalue weighted by Gasteiger charge is 2.14. The molecule has 25 heavy (non-hydrogen) atoms. The van der Waals surface area contributed by atoms with Crippen LogP contribution in [0.15, 0.2) is 84.9 Å². The van der Waals surface area contributed by atoms with Crippen molar-refractivity contribution in [3.63, 3.8) is 0 Å². The van der Waals surface area contributed by atoms with E-state index in [9.17, 15) is 0 Å². The zero-order chi connectivity index (χ0) is 17.5. The molecule has 128 valence electrons. The molecule has 2 nitrogen and oxygen atoms in total. The third-order valence-corrected chi connectivity index (χ3v) is 4.49. The second kappa shape index (κ2) is 8.50. The molecule has 0 radical (unpaired) electrons. The standard InChI is InChI=1S/C23H25NO/c1-18(24)19-12-14-22(15-13-19)25-17-16-23(20-8-4-2-5-9-20)21-10-6-3-7-11-21/h2-15,18,23H,16-17,24H2,1H3. The van der Waals surface area contributed by atoms with E-state index >= 15 is 0 Å². The fraction of sp³-hybridized carbons (Fsp3) is 0.217. The Morgan fingerprint density at radius 1 is 0.720 bits per heavy atom. The summed E-state index contributed by atoms with van der Waals surface area (Å²) in [5.74, 6) is 1.23. The highest BCUT2D eigenvalue weighted by atomic mass is 16.5. The number of ether oxygens (including phenoxy) is 1. The number of hydrogen-bond acceptors (Lipinski definition) is 2. The lowest BCUT2D eigenvalue weighted by Crippen LogP contribution is -2.08. The van der Waals surface area contributed by atoms with Gasteiger partial charge in [-0.2, -0.15) is 0 Å². The molecule has 3 aromatic carbocycles. The van der Waals surface area contributed by atoms with Gasteiger partial charge in [0.2, 0.25) is 0 Å². The van der Waals surface area contributed by atoms with Crippen molar-refractivity contribution in [3.05, 3.63) is 102 Å². The monoisotopic (exact) mass is 331 g/mol. The molecule has 0 heterocycles. The molecule has 0 amide bonds. The summed E-state index contributed by atoms with van der Waals surface area (Å²) in [7, 11) is 0. The zero-order valence-electron chi connectivity index (χ0n) is 14.6. The van der Waals surface area contributed by atoms with Gasteiger partial charge < -0.3 is 10.5 Å². The quantitative estimate of drug-likeness (QED) is 0.637. The van der Waals surface area contributed by atoms with Crippen LogP contribution in [0.25, 0.3) is 0 Å². The predicted octanol–water partition coefficient (Wildman–Crippen LogP) is 5.31. The van der Waals surface area contributed by atoms with Crippen molar-refractivity contribution in [1.82, 2.24) is 0 Å². The zero-order valence-corrected chi connectivity index (χ0v) is 14.6. The van der Waals surface area contributed by atoms with E-state index in [4.69, 9.17) is 10.5 Å². The maximum absolute atomic E-state index is 5.97. The Morgan fingerprint density at radius 2 is 1.24 bits per heavy atom. The molecule has 0 saturated heterocycles. The molecule has 0 aliphatic rings. The van der Waals surface area contributed by atoms with Gasteiger partial charge in [-0.3, -0.25) is 0 Å². The molecule has 0 fully saturated rings. The number of nitrogens with two attached hydrogens (primary N) is 1. The van der Waals surface area contributed by atoms with E-state index in [1.54, 1.807) is 0 Å². The SMILES string of the molecule is CC(N)c1ccc(OCCC(c2ccccc2)c2ccccc2)cc1. The van der Waals surface area contributed by atoms with Gasteiger partial charge >= 0.3 is 0 Å². The van der Waals surface area contributed by atoms with Gasteiger partial charge in [0, 0.05) is 12.0 Å². The van der Waals surface area contributed by atoms with Gasteiger partial charge in [0.15, 0.2) is 0 Å². The van der Waals surface area contributed by atoms with E-state index in [0.29, 0.717) is 12.5 Å². The summed E-state index contributed by atoms with van der Waals surface area (Å²) in [5, 5.41) is 0. The van der Waals surface area contributed by atoms with Crippen LogP contribution in [0.5, 0.6) is 5.75 Å². The molecule has 2 N–H and O–H groups in total. The van der Waals surface area contributed by atoms with Crippen LogP contribution in [0.1, 0.15) is 42.0 Å². The van der Waals surface area contributed by atoms with Crippen LogP contribution < -0.4 is 10.5 Å². The first-order chi connectivity index (χ1) is 12.2. The van der Waals surface area contributed by atoms with Crippen LogP contribution in [0.4, 0.5) is 0 Å². The van der Waals surface area contributed by atoms with Gasteiger partial charge in [-0.15, -0.1) is 0 Å². The molecule has 2 heteroatoms. The maximum Gasteiger partial charge on any atom is 0.119 e. The third kappa shape index (κ3) is 4.71. The van der Waals surface area contributed by atoms with Crippen molar-refractivity contribution in [2.75, 3.05) is 6.61 Å². The van der Waals surface area contributed by atoms with Crippen LogP contribution >= 0.6 is 0 Å². The van der Waals surface area contributed by atoms with Crippen LogP contribution in [0.2, 0.25) is 0 Å². The molecule has 0 aliphatic carbocycles. The first kappa shape index (κ1) is 17.2. The Labute approximate surface area is 150 Å². The highest BCUT2D eigenvalue weighted by Crippen LogP contribution is 2.28. The van der Waals surface area contributed by atoms with E-state index in [-0.39, 0.29) is 6.04 Å². The second-order valence-corrected chi connectivity index (χ2v) is 6.37. The van der Waals surface area contributed by atoms with E-state index in [2.05, 4.69) is 60.7 Å². The summed E-state index contributed by atoms with van der Waals surface area (Å²) in [6, 6.07) is 29.4. The fourth-order valence-electron chi connectivity index (χ4n) is 3.06.